The number of benzene rings is 1. The summed E-state index contributed by atoms with van der Waals surface area (Å²) in [7, 11) is 0. The van der Waals surface area contributed by atoms with Crippen molar-refractivity contribution in [1.29, 1.82) is 0 Å². The predicted molar refractivity (Wildman–Crippen MR) is 48.3 cm³/mol. The van der Waals surface area contributed by atoms with Gasteiger partial charge in [-0.3, -0.25) is 0 Å². The summed E-state index contributed by atoms with van der Waals surface area (Å²) in [6, 6.07) is 9.81. The third-order valence-electron chi connectivity index (χ3n) is 1.53. The van der Waals surface area contributed by atoms with Crippen molar-refractivity contribution in [1.82, 2.24) is 4.98 Å². The highest BCUT2D eigenvalue weighted by atomic mass is 79.9. The van der Waals surface area contributed by atoms with E-state index < -0.39 is 0 Å². The average Bonchev–Trinajstić information content (AvgIpc) is 2.06. The maximum Gasteiger partial charge on any atom is 0.0894 e. The molecule has 0 fully saturated rings. The van der Waals surface area contributed by atoms with Crippen LogP contribution in [0.3, 0.4) is 0 Å². The fourth-order valence-corrected chi connectivity index (χ4v) is 1.48. The van der Waals surface area contributed by atoms with Gasteiger partial charge in [-0.2, -0.15) is 0 Å². The van der Waals surface area contributed by atoms with Crippen molar-refractivity contribution >= 4 is 26.8 Å². The molecule has 0 atom stereocenters. The summed E-state index contributed by atoms with van der Waals surface area (Å²) in [6.07, 6.45) is 2.80. The fraction of sp³-hybridized carbons (Fsp3) is 0. The van der Waals surface area contributed by atoms with Gasteiger partial charge in [0.25, 0.3) is 0 Å². The van der Waals surface area contributed by atoms with Gasteiger partial charge in [-0.1, -0.05) is 18.2 Å². The number of fused-ring (bicyclic) bond motifs is 1. The third-order valence-corrected chi connectivity index (χ3v) is 2.17. The zero-order valence-electron chi connectivity index (χ0n) is 5.71. The van der Waals surface area contributed by atoms with E-state index in [0.717, 1.165) is 15.4 Å². The van der Waals surface area contributed by atoms with Crippen molar-refractivity contribution in [2.45, 2.75) is 0 Å². The molecule has 2 heteroatoms. The summed E-state index contributed by atoms with van der Waals surface area (Å²) < 4.78 is 1.02. The van der Waals surface area contributed by atoms with Crippen LogP contribution < -0.4 is 0 Å². The maximum absolute atomic E-state index is 4.11. The van der Waals surface area contributed by atoms with E-state index in [9.17, 15) is 0 Å². The van der Waals surface area contributed by atoms with Gasteiger partial charge in [0.05, 0.1) is 11.7 Å². The van der Waals surface area contributed by atoms with Crippen LogP contribution in [0.5, 0.6) is 0 Å². The van der Waals surface area contributed by atoms with Gasteiger partial charge in [-0.25, -0.2) is 4.98 Å². The second-order valence-corrected chi connectivity index (χ2v) is 3.11. The fourth-order valence-electron chi connectivity index (χ4n) is 1.01. The van der Waals surface area contributed by atoms with Crippen LogP contribution >= 0.6 is 15.9 Å². The standard InChI is InChI=1S/C9H5BrN/c10-8-5-1-3-7-4-2-6-11-9(7)8/h1-5H. The molecule has 0 saturated heterocycles. The Morgan fingerprint density at radius 3 is 3.00 bits per heavy atom. The van der Waals surface area contributed by atoms with E-state index in [1.165, 1.54) is 0 Å². The van der Waals surface area contributed by atoms with Crippen LogP contribution in [0.1, 0.15) is 0 Å². The van der Waals surface area contributed by atoms with E-state index in [1.807, 2.05) is 30.3 Å². The number of aromatic nitrogens is 1. The molecule has 2 aromatic rings. The van der Waals surface area contributed by atoms with Gasteiger partial charge in [0.1, 0.15) is 0 Å². The smallest absolute Gasteiger partial charge is 0.0894 e. The highest BCUT2D eigenvalue weighted by molar-refractivity contribution is 9.10. The lowest BCUT2D eigenvalue weighted by molar-refractivity contribution is 1.38. The molecule has 1 nitrogen and oxygen atoms in total. The second kappa shape index (κ2) is 2.62. The van der Waals surface area contributed by atoms with Crippen LogP contribution in [0.2, 0.25) is 0 Å². The Hall–Kier alpha value is -0.890. The number of pyridine rings is 1. The van der Waals surface area contributed by atoms with Gasteiger partial charge in [0.15, 0.2) is 0 Å². The number of hydrogen-bond acceptors (Lipinski definition) is 1. The molecule has 0 saturated carbocycles. The Morgan fingerprint density at radius 1 is 1.27 bits per heavy atom. The topological polar surface area (TPSA) is 12.9 Å². The molecule has 0 aliphatic rings. The molecule has 1 aromatic carbocycles. The van der Waals surface area contributed by atoms with Crippen LogP contribution in [-0.4, -0.2) is 4.98 Å². The Bertz CT molecular complexity index is 379. The van der Waals surface area contributed by atoms with Gasteiger partial charge in [0.2, 0.25) is 0 Å². The first-order chi connectivity index (χ1) is 5.38. The van der Waals surface area contributed by atoms with Crippen LogP contribution in [0, 0.1) is 6.20 Å². The van der Waals surface area contributed by atoms with E-state index in [2.05, 4.69) is 27.1 Å². The molecule has 1 heterocycles. The Balaban J connectivity index is 2.91. The molecule has 1 aromatic heterocycles. The van der Waals surface area contributed by atoms with E-state index >= 15 is 0 Å². The van der Waals surface area contributed by atoms with Gasteiger partial charge in [0, 0.05) is 9.86 Å². The number of para-hydroxylation sites is 1. The molecule has 1 radical (unpaired) electrons. The lowest BCUT2D eigenvalue weighted by Crippen LogP contribution is -1.77. The summed E-state index contributed by atoms with van der Waals surface area (Å²) in [4.78, 5) is 4.11. The lowest BCUT2D eigenvalue weighted by Gasteiger charge is -1.95. The first-order valence-electron chi connectivity index (χ1n) is 3.29. The SMILES string of the molecule is Brc1cccc2cc[c]nc12. The summed E-state index contributed by atoms with van der Waals surface area (Å²) in [5.41, 5.74) is 0.968. The zero-order chi connectivity index (χ0) is 7.68. The largest absolute Gasteiger partial charge is 0.245 e. The first kappa shape index (κ1) is 6.80. The van der Waals surface area contributed by atoms with Crippen molar-refractivity contribution in [2.75, 3.05) is 0 Å². The monoisotopic (exact) mass is 206 g/mol. The van der Waals surface area contributed by atoms with E-state index in [1.54, 1.807) is 0 Å². The molecule has 0 unspecified atom stereocenters. The van der Waals surface area contributed by atoms with Crippen molar-refractivity contribution in [3.05, 3.63) is 41.0 Å². The maximum atomic E-state index is 4.11. The van der Waals surface area contributed by atoms with Crippen molar-refractivity contribution in [3.63, 3.8) is 0 Å². The summed E-state index contributed by atoms with van der Waals surface area (Å²) in [6.45, 7) is 0. The first-order valence-corrected chi connectivity index (χ1v) is 4.08. The van der Waals surface area contributed by atoms with Gasteiger partial charge < -0.3 is 0 Å². The predicted octanol–water partition coefficient (Wildman–Crippen LogP) is 2.80. The third kappa shape index (κ3) is 1.14. The normalized spacial score (nSPS) is 10.3. The minimum Gasteiger partial charge on any atom is -0.245 e. The van der Waals surface area contributed by atoms with Crippen LogP contribution in [-0.2, 0) is 0 Å². The number of rotatable bonds is 0. The highest BCUT2D eigenvalue weighted by Crippen LogP contribution is 2.20. The minimum absolute atomic E-state index is 0.968. The van der Waals surface area contributed by atoms with Crippen LogP contribution in [0.4, 0.5) is 0 Å². The molecule has 0 aliphatic carbocycles. The molecule has 0 spiro atoms. The summed E-state index contributed by atoms with van der Waals surface area (Å²) in [5.74, 6) is 0. The molecule has 0 N–H and O–H groups in total. The highest BCUT2D eigenvalue weighted by Gasteiger charge is 1.95. The average molecular weight is 207 g/mol. The van der Waals surface area contributed by atoms with E-state index in [4.69, 9.17) is 0 Å². The summed E-state index contributed by atoms with van der Waals surface area (Å²) in [5, 5.41) is 1.14. The van der Waals surface area contributed by atoms with E-state index in [-0.39, 0.29) is 0 Å². The van der Waals surface area contributed by atoms with E-state index in [0.29, 0.717) is 0 Å². The van der Waals surface area contributed by atoms with Crippen LogP contribution in [0.25, 0.3) is 10.9 Å². The number of nitrogens with zero attached hydrogens (tertiary/aromatic N) is 1. The molecule has 2 rings (SSSR count). The Morgan fingerprint density at radius 2 is 2.18 bits per heavy atom. The lowest BCUT2D eigenvalue weighted by atomic mass is 10.2. The Kier molecular flexibility index (Phi) is 1.62. The van der Waals surface area contributed by atoms with Crippen LogP contribution in [0.15, 0.2) is 34.8 Å². The van der Waals surface area contributed by atoms with Gasteiger partial charge >= 0.3 is 0 Å². The van der Waals surface area contributed by atoms with Gasteiger partial charge in [-0.15, -0.1) is 0 Å². The minimum atomic E-state index is 0.968. The molecular formula is C9H5BrN. The number of hydrogen-bond donors (Lipinski definition) is 0. The molecule has 0 amide bonds. The molecule has 53 valence electrons. The van der Waals surface area contributed by atoms with Crippen molar-refractivity contribution in [3.8, 4) is 0 Å². The van der Waals surface area contributed by atoms with Gasteiger partial charge in [-0.05, 0) is 28.1 Å². The molecular weight excluding hydrogens is 202 g/mol. The second-order valence-electron chi connectivity index (χ2n) is 2.25. The van der Waals surface area contributed by atoms with Crippen molar-refractivity contribution < 1.29 is 0 Å². The summed E-state index contributed by atoms with van der Waals surface area (Å²) >= 11 is 3.41. The van der Waals surface area contributed by atoms with Crippen molar-refractivity contribution in [2.24, 2.45) is 0 Å². The zero-order valence-corrected chi connectivity index (χ0v) is 7.30. The molecule has 0 aliphatic heterocycles. The number of halogens is 1. The molecule has 11 heavy (non-hydrogen) atoms. The molecule has 0 bridgehead atoms. The quantitative estimate of drug-likeness (QED) is 0.647. The Labute approximate surface area is 73.2 Å².